The molecule has 1 aromatic rings. The third kappa shape index (κ3) is 3.12. The van der Waals surface area contributed by atoms with Gasteiger partial charge in [-0.05, 0) is 30.5 Å². The summed E-state index contributed by atoms with van der Waals surface area (Å²) in [6.07, 6.45) is -5.05. The van der Waals surface area contributed by atoms with Crippen LogP contribution in [0.3, 0.4) is 0 Å². The number of rotatable bonds is 5. The molecule has 20 heavy (non-hydrogen) atoms. The maximum atomic E-state index is 13.5. The number of halogens is 4. The van der Waals surface area contributed by atoms with Crippen molar-refractivity contribution >= 4 is 0 Å². The lowest BCUT2D eigenvalue weighted by Crippen LogP contribution is -2.37. The van der Waals surface area contributed by atoms with Crippen LogP contribution in [0.1, 0.15) is 43.9 Å². The van der Waals surface area contributed by atoms with Gasteiger partial charge in [-0.3, -0.25) is 0 Å². The summed E-state index contributed by atoms with van der Waals surface area (Å²) >= 11 is 0. The Hall–Kier alpha value is -1.14. The van der Waals surface area contributed by atoms with E-state index in [0.717, 1.165) is 6.07 Å². The quantitative estimate of drug-likeness (QED) is 0.829. The summed E-state index contributed by atoms with van der Waals surface area (Å²) < 4.78 is 56.3. The molecule has 1 unspecified atom stereocenters. The summed E-state index contributed by atoms with van der Waals surface area (Å²) in [6, 6.07) is 2.43. The zero-order valence-electron chi connectivity index (χ0n) is 11.6. The predicted molar refractivity (Wildman–Crippen MR) is 66.7 cm³/mol. The van der Waals surface area contributed by atoms with E-state index in [-0.39, 0.29) is 5.56 Å². The van der Waals surface area contributed by atoms with Crippen LogP contribution in [0, 0.1) is 5.82 Å². The molecule has 1 atom stereocenters. The Labute approximate surface area is 115 Å². The molecule has 0 aliphatic rings. The van der Waals surface area contributed by atoms with Gasteiger partial charge in [0.25, 0.3) is 0 Å². The van der Waals surface area contributed by atoms with Crippen molar-refractivity contribution in [2.75, 3.05) is 7.11 Å². The third-order valence-corrected chi connectivity index (χ3v) is 3.72. The number of alkyl halides is 3. The van der Waals surface area contributed by atoms with Gasteiger partial charge in [0.1, 0.15) is 11.9 Å². The Bertz CT molecular complexity index is 445. The highest BCUT2D eigenvalue weighted by Crippen LogP contribution is 2.37. The minimum absolute atomic E-state index is 0.0704. The Morgan fingerprint density at radius 2 is 1.75 bits per heavy atom. The summed E-state index contributed by atoms with van der Waals surface area (Å²) in [5.41, 5.74) is -2.21. The zero-order chi connectivity index (χ0) is 15.6. The average molecular weight is 294 g/mol. The fourth-order valence-electron chi connectivity index (χ4n) is 2.27. The molecule has 1 aromatic carbocycles. The van der Waals surface area contributed by atoms with Crippen molar-refractivity contribution in [1.82, 2.24) is 0 Å². The normalized spacial score (nSPS) is 14.4. The first-order valence-corrected chi connectivity index (χ1v) is 6.31. The second kappa shape index (κ2) is 6.10. The Balaban J connectivity index is 3.19. The number of hydrogen-bond acceptors (Lipinski definition) is 2. The van der Waals surface area contributed by atoms with E-state index in [2.05, 4.69) is 0 Å². The maximum absolute atomic E-state index is 13.5. The lowest BCUT2D eigenvalue weighted by molar-refractivity contribution is -0.140. The molecule has 0 bridgehead atoms. The number of benzene rings is 1. The van der Waals surface area contributed by atoms with E-state index in [1.165, 1.54) is 7.11 Å². The van der Waals surface area contributed by atoms with Crippen molar-refractivity contribution in [2.24, 2.45) is 0 Å². The van der Waals surface area contributed by atoms with Crippen LogP contribution in [0.15, 0.2) is 18.2 Å². The molecule has 0 spiro atoms. The fraction of sp³-hybridized carbons (Fsp3) is 0.571. The van der Waals surface area contributed by atoms with Crippen LogP contribution in [-0.2, 0) is 10.9 Å². The summed E-state index contributed by atoms with van der Waals surface area (Å²) in [7, 11) is 1.41. The summed E-state index contributed by atoms with van der Waals surface area (Å²) in [5, 5.41) is 10.3. The largest absolute Gasteiger partial charge is 0.419 e. The average Bonchev–Trinajstić information content (AvgIpc) is 2.39. The van der Waals surface area contributed by atoms with Gasteiger partial charge in [-0.2, -0.15) is 13.2 Å². The van der Waals surface area contributed by atoms with E-state index >= 15 is 0 Å². The second-order valence-electron chi connectivity index (χ2n) is 4.62. The first kappa shape index (κ1) is 16.9. The number of methoxy groups -OCH3 is 1. The Morgan fingerprint density at radius 1 is 1.20 bits per heavy atom. The number of ether oxygens (including phenoxy) is 1. The van der Waals surface area contributed by atoms with Gasteiger partial charge in [0.05, 0.1) is 11.2 Å². The lowest BCUT2D eigenvalue weighted by atomic mass is 9.85. The van der Waals surface area contributed by atoms with E-state index in [1.54, 1.807) is 13.8 Å². The minimum Gasteiger partial charge on any atom is -0.385 e. The van der Waals surface area contributed by atoms with Crippen LogP contribution in [0.5, 0.6) is 0 Å². The first-order valence-electron chi connectivity index (χ1n) is 6.31. The number of aliphatic hydroxyl groups excluding tert-OH is 1. The molecule has 0 saturated carbocycles. The van der Waals surface area contributed by atoms with Crippen molar-refractivity contribution in [1.29, 1.82) is 0 Å². The van der Waals surface area contributed by atoms with Gasteiger partial charge >= 0.3 is 6.18 Å². The van der Waals surface area contributed by atoms with E-state index in [1.807, 2.05) is 0 Å². The molecule has 1 rings (SSSR count). The van der Waals surface area contributed by atoms with Crippen LogP contribution in [0.25, 0.3) is 0 Å². The minimum atomic E-state index is -4.75. The molecule has 1 N–H and O–H groups in total. The molecular formula is C14H18F4O2. The molecule has 2 nitrogen and oxygen atoms in total. The molecule has 6 heteroatoms. The Kier molecular flexibility index (Phi) is 5.15. The molecule has 0 aromatic heterocycles. The Morgan fingerprint density at radius 3 is 2.10 bits per heavy atom. The molecule has 0 radical (unpaired) electrons. The summed E-state index contributed by atoms with van der Waals surface area (Å²) in [6.45, 7) is 3.58. The predicted octanol–water partition coefficient (Wildman–Crippen LogP) is 4.08. The number of aliphatic hydroxyl groups is 1. The molecule has 0 fully saturated rings. The lowest BCUT2D eigenvalue weighted by Gasteiger charge is -2.35. The van der Waals surface area contributed by atoms with Gasteiger partial charge in [0, 0.05) is 7.11 Å². The first-order chi connectivity index (χ1) is 9.21. The van der Waals surface area contributed by atoms with Crippen molar-refractivity contribution in [3.63, 3.8) is 0 Å². The number of hydrogen-bond donors (Lipinski definition) is 1. The van der Waals surface area contributed by atoms with Crippen molar-refractivity contribution in [3.8, 4) is 0 Å². The fourth-order valence-corrected chi connectivity index (χ4v) is 2.27. The third-order valence-electron chi connectivity index (χ3n) is 3.72. The molecule has 114 valence electrons. The van der Waals surface area contributed by atoms with Crippen molar-refractivity contribution in [3.05, 3.63) is 35.1 Å². The van der Waals surface area contributed by atoms with E-state index < -0.39 is 29.3 Å². The van der Waals surface area contributed by atoms with Crippen LogP contribution in [0.2, 0.25) is 0 Å². The monoisotopic (exact) mass is 294 g/mol. The van der Waals surface area contributed by atoms with Gasteiger partial charge in [-0.1, -0.05) is 19.9 Å². The highest BCUT2D eigenvalue weighted by molar-refractivity contribution is 5.29. The summed E-state index contributed by atoms with van der Waals surface area (Å²) in [4.78, 5) is 0. The SMILES string of the molecule is CCC(CC)(OC)C(O)c1ccc(C(F)(F)F)c(F)c1. The molecule has 0 amide bonds. The van der Waals surface area contributed by atoms with Crippen LogP contribution < -0.4 is 0 Å². The zero-order valence-corrected chi connectivity index (χ0v) is 11.6. The molecule has 0 saturated heterocycles. The standard InChI is InChI=1S/C14H18F4O2/c1-4-13(5-2,20-3)12(19)9-6-7-10(11(15)8-9)14(16,17)18/h6-8,12,19H,4-5H2,1-3H3. The summed E-state index contributed by atoms with van der Waals surface area (Å²) in [5.74, 6) is -1.40. The van der Waals surface area contributed by atoms with Gasteiger partial charge in [0.15, 0.2) is 0 Å². The van der Waals surface area contributed by atoms with Gasteiger partial charge in [-0.15, -0.1) is 0 Å². The second-order valence-corrected chi connectivity index (χ2v) is 4.62. The smallest absolute Gasteiger partial charge is 0.385 e. The van der Waals surface area contributed by atoms with E-state index in [0.29, 0.717) is 25.0 Å². The highest BCUT2D eigenvalue weighted by Gasteiger charge is 2.38. The van der Waals surface area contributed by atoms with E-state index in [9.17, 15) is 22.7 Å². The van der Waals surface area contributed by atoms with Crippen LogP contribution in [0.4, 0.5) is 17.6 Å². The topological polar surface area (TPSA) is 29.5 Å². The van der Waals surface area contributed by atoms with Crippen molar-refractivity contribution < 1.29 is 27.4 Å². The maximum Gasteiger partial charge on any atom is 0.419 e. The molecule has 0 heterocycles. The van der Waals surface area contributed by atoms with Gasteiger partial charge < -0.3 is 9.84 Å². The van der Waals surface area contributed by atoms with Crippen LogP contribution >= 0.6 is 0 Å². The van der Waals surface area contributed by atoms with E-state index in [4.69, 9.17) is 4.74 Å². The van der Waals surface area contributed by atoms with Crippen molar-refractivity contribution in [2.45, 2.75) is 44.6 Å². The van der Waals surface area contributed by atoms with Crippen LogP contribution in [-0.4, -0.2) is 17.8 Å². The van der Waals surface area contributed by atoms with Gasteiger partial charge in [0.2, 0.25) is 0 Å². The molecular weight excluding hydrogens is 276 g/mol. The highest BCUT2D eigenvalue weighted by atomic mass is 19.4. The molecule has 0 aliphatic heterocycles. The molecule has 0 aliphatic carbocycles. The van der Waals surface area contributed by atoms with Gasteiger partial charge in [-0.25, -0.2) is 4.39 Å².